The van der Waals surface area contributed by atoms with E-state index in [1.54, 1.807) is 0 Å². The lowest BCUT2D eigenvalue weighted by atomic mass is 10.1. The fourth-order valence-corrected chi connectivity index (χ4v) is 1.69. The minimum absolute atomic E-state index is 0.0139. The number of nitrogens with zero attached hydrogens (tertiary/aromatic N) is 2. The van der Waals surface area contributed by atoms with Crippen molar-refractivity contribution in [1.29, 1.82) is 0 Å². The summed E-state index contributed by atoms with van der Waals surface area (Å²) in [6.45, 7) is 0. The molecule has 2 rings (SSSR count). The number of rotatable bonds is 2. The molecule has 0 aliphatic heterocycles. The molecule has 9 heteroatoms. The molecule has 2 aromatic rings. The summed E-state index contributed by atoms with van der Waals surface area (Å²) in [5.41, 5.74) is -2.23. The van der Waals surface area contributed by atoms with Gasteiger partial charge in [-0.2, -0.15) is 13.2 Å². The zero-order valence-electron chi connectivity index (χ0n) is 10.1. The smallest absolute Gasteiger partial charge is 0.305 e. The summed E-state index contributed by atoms with van der Waals surface area (Å²) in [4.78, 5) is 19.3. The van der Waals surface area contributed by atoms with Crippen LogP contribution >= 0.6 is 15.9 Å². The Morgan fingerprint density at radius 3 is 2.48 bits per heavy atom. The molecule has 0 aliphatic rings. The molecule has 1 aromatic carbocycles. The number of carbonyl (C=O) groups is 1. The highest BCUT2D eigenvalue weighted by Crippen LogP contribution is 2.32. The maximum atomic E-state index is 13.8. The van der Waals surface area contributed by atoms with Crippen LogP contribution in [-0.4, -0.2) is 15.9 Å². The van der Waals surface area contributed by atoms with E-state index in [4.69, 9.17) is 0 Å². The van der Waals surface area contributed by atoms with E-state index in [1.807, 2.05) is 0 Å². The molecule has 1 amide bonds. The summed E-state index contributed by atoms with van der Waals surface area (Å²) in [5.74, 6) is -2.69. The summed E-state index contributed by atoms with van der Waals surface area (Å²) in [7, 11) is 0. The van der Waals surface area contributed by atoms with E-state index in [-0.39, 0.29) is 5.82 Å². The van der Waals surface area contributed by atoms with Crippen LogP contribution in [0.3, 0.4) is 0 Å². The van der Waals surface area contributed by atoms with Crippen molar-refractivity contribution in [3.05, 3.63) is 52.1 Å². The van der Waals surface area contributed by atoms with E-state index in [0.29, 0.717) is 10.7 Å². The van der Waals surface area contributed by atoms with Gasteiger partial charge in [-0.25, -0.2) is 14.4 Å². The van der Waals surface area contributed by atoms with Gasteiger partial charge in [-0.15, -0.1) is 0 Å². The summed E-state index contributed by atoms with van der Waals surface area (Å²) >= 11 is 3.03. The molecule has 21 heavy (non-hydrogen) atoms. The highest BCUT2D eigenvalue weighted by molar-refractivity contribution is 9.10. The van der Waals surface area contributed by atoms with Crippen molar-refractivity contribution in [2.24, 2.45) is 0 Å². The Bertz CT molecular complexity index is 673. The van der Waals surface area contributed by atoms with Crippen molar-refractivity contribution in [1.82, 2.24) is 9.97 Å². The Labute approximate surface area is 124 Å². The van der Waals surface area contributed by atoms with Gasteiger partial charge in [0.15, 0.2) is 5.82 Å². The normalized spacial score (nSPS) is 11.3. The fraction of sp³-hybridized carbons (Fsp3) is 0.0833. The molecule has 0 radical (unpaired) electrons. The van der Waals surface area contributed by atoms with Gasteiger partial charge in [0.05, 0.1) is 23.5 Å². The summed E-state index contributed by atoms with van der Waals surface area (Å²) in [6, 6.07) is 2.46. The second-order valence-corrected chi connectivity index (χ2v) is 4.66. The number of carbonyl (C=O) groups excluding carboxylic acids is 1. The number of amides is 1. The Balaban J connectivity index is 2.30. The minimum Gasteiger partial charge on any atom is -0.305 e. The number of aromatic nitrogens is 2. The predicted octanol–water partition coefficient (Wildman–Crippen LogP) is 3.65. The maximum absolute atomic E-state index is 13.8. The van der Waals surface area contributed by atoms with Gasteiger partial charge in [0, 0.05) is 0 Å². The molecule has 0 saturated carbocycles. The fourth-order valence-electron chi connectivity index (χ4n) is 1.49. The van der Waals surface area contributed by atoms with Crippen LogP contribution in [0.15, 0.2) is 35.2 Å². The predicted molar refractivity (Wildman–Crippen MR) is 69.1 cm³/mol. The molecule has 0 unspecified atom stereocenters. The van der Waals surface area contributed by atoms with Crippen molar-refractivity contribution >= 4 is 27.7 Å². The van der Waals surface area contributed by atoms with Gasteiger partial charge < -0.3 is 5.32 Å². The quantitative estimate of drug-likeness (QED) is 0.828. The first-order valence-corrected chi connectivity index (χ1v) is 6.23. The lowest BCUT2D eigenvalue weighted by Crippen LogP contribution is -2.18. The second-order valence-electron chi connectivity index (χ2n) is 3.84. The zero-order chi connectivity index (χ0) is 15.6. The molecule has 0 bridgehead atoms. The van der Waals surface area contributed by atoms with Gasteiger partial charge in [0.2, 0.25) is 0 Å². The lowest BCUT2D eigenvalue weighted by molar-refractivity contribution is -0.140. The van der Waals surface area contributed by atoms with Crippen LogP contribution in [0, 0.1) is 5.82 Å². The first-order chi connectivity index (χ1) is 9.79. The van der Waals surface area contributed by atoms with Gasteiger partial charge in [-0.05, 0) is 28.1 Å². The van der Waals surface area contributed by atoms with Crippen molar-refractivity contribution in [3.63, 3.8) is 0 Å². The van der Waals surface area contributed by atoms with E-state index in [9.17, 15) is 22.4 Å². The van der Waals surface area contributed by atoms with Gasteiger partial charge in [-0.3, -0.25) is 4.79 Å². The summed E-state index contributed by atoms with van der Waals surface area (Å²) in [5, 5.41) is 2.16. The van der Waals surface area contributed by atoms with Crippen LogP contribution < -0.4 is 5.32 Å². The molecule has 1 aromatic heterocycles. The van der Waals surface area contributed by atoms with Crippen LogP contribution in [0.4, 0.5) is 23.4 Å². The molecule has 4 nitrogen and oxygen atoms in total. The highest BCUT2D eigenvalue weighted by atomic mass is 79.9. The monoisotopic (exact) mass is 363 g/mol. The van der Waals surface area contributed by atoms with Gasteiger partial charge >= 0.3 is 6.18 Å². The molecule has 0 fully saturated rings. The first-order valence-electron chi connectivity index (χ1n) is 5.43. The number of alkyl halides is 3. The molecular weight excluding hydrogens is 358 g/mol. The average Bonchev–Trinajstić information content (AvgIpc) is 2.40. The number of anilines is 1. The molecule has 0 atom stereocenters. The molecule has 1 N–H and O–H groups in total. The van der Waals surface area contributed by atoms with E-state index >= 15 is 0 Å². The largest absolute Gasteiger partial charge is 0.419 e. The van der Waals surface area contributed by atoms with Crippen molar-refractivity contribution in [3.8, 4) is 0 Å². The molecule has 1 heterocycles. The summed E-state index contributed by atoms with van der Waals surface area (Å²) < 4.78 is 51.9. The zero-order valence-corrected chi connectivity index (χ0v) is 11.7. The van der Waals surface area contributed by atoms with Crippen LogP contribution in [0.5, 0.6) is 0 Å². The van der Waals surface area contributed by atoms with Crippen LogP contribution in [-0.2, 0) is 6.18 Å². The second kappa shape index (κ2) is 5.76. The SMILES string of the molecule is O=C(Nc1cnc(Br)cn1)c1cccc(C(F)(F)F)c1F. The van der Waals surface area contributed by atoms with Crippen molar-refractivity contribution < 1.29 is 22.4 Å². The van der Waals surface area contributed by atoms with Crippen molar-refractivity contribution in [2.75, 3.05) is 5.32 Å². The molecule has 0 saturated heterocycles. The Kier molecular flexibility index (Phi) is 4.21. The molecule has 0 spiro atoms. The number of nitrogens with one attached hydrogen (secondary N) is 1. The third kappa shape index (κ3) is 3.54. The average molecular weight is 364 g/mol. The van der Waals surface area contributed by atoms with Crippen LogP contribution in [0.2, 0.25) is 0 Å². The third-order valence-electron chi connectivity index (χ3n) is 2.41. The van der Waals surface area contributed by atoms with Gasteiger partial charge in [0.1, 0.15) is 10.4 Å². The number of benzene rings is 1. The Morgan fingerprint density at radius 2 is 1.90 bits per heavy atom. The molecule has 110 valence electrons. The van der Waals surface area contributed by atoms with E-state index in [0.717, 1.165) is 12.1 Å². The van der Waals surface area contributed by atoms with Crippen molar-refractivity contribution in [2.45, 2.75) is 6.18 Å². The standard InChI is InChI=1S/C12H6BrF4N3O/c13-8-4-19-9(5-18-8)20-11(21)6-2-1-3-7(10(6)14)12(15,16)17/h1-5H,(H,19,20,21). The van der Waals surface area contributed by atoms with E-state index in [2.05, 4.69) is 31.2 Å². The van der Waals surface area contributed by atoms with E-state index < -0.39 is 29.0 Å². The number of hydrogen-bond donors (Lipinski definition) is 1. The molecule has 0 aliphatic carbocycles. The molecular formula is C12H6BrF4N3O. The first kappa shape index (κ1) is 15.4. The topological polar surface area (TPSA) is 54.9 Å². The lowest BCUT2D eigenvalue weighted by Gasteiger charge is -2.11. The van der Waals surface area contributed by atoms with Gasteiger partial charge in [0.25, 0.3) is 5.91 Å². The van der Waals surface area contributed by atoms with Crippen LogP contribution in [0.1, 0.15) is 15.9 Å². The number of halogens is 5. The minimum atomic E-state index is -4.88. The Hall–Kier alpha value is -2.03. The van der Waals surface area contributed by atoms with Gasteiger partial charge in [-0.1, -0.05) is 6.07 Å². The summed E-state index contributed by atoms with van der Waals surface area (Å²) in [6.07, 6.45) is -2.43. The van der Waals surface area contributed by atoms with Crippen LogP contribution in [0.25, 0.3) is 0 Å². The third-order valence-corrected chi connectivity index (χ3v) is 2.82. The Morgan fingerprint density at radius 1 is 1.19 bits per heavy atom. The van der Waals surface area contributed by atoms with E-state index in [1.165, 1.54) is 12.4 Å². The number of hydrogen-bond acceptors (Lipinski definition) is 3. The maximum Gasteiger partial charge on any atom is 0.419 e. The highest BCUT2D eigenvalue weighted by Gasteiger charge is 2.35.